The van der Waals surface area contributed by atoms with Gasteiger partial charge in [0.15, 0.2) is 0 Å². The van der Waals surface area contributed by atoms with Crippen LogP contribution >= 0.6 is 11.3 Å². The van der Waals surface area contributed by atoms with Crippen LogP contribution in [-0.4, -0.2) is 23.7 Å². The van der Waals surface area contributed by atoms with Gasteiger partial charge < -0.3 is 10.4 Å². The SMILES string of the molecule is CC(O)CNC(=O)Cc1ccsc1. The van der Waals surface area contributed by atoms with Crippen LogP contribution in [0.3, 0.4) is 0 Å². The van der Waals surface area contributed by atoms with Gasteiger partial charge in [-0.05, 0) is 29.3 Å². The lowest BCUT2D eigenvalue weighted by atomic mass is 10.2. The second-order valence-electron chi connectivity index (χ2n) is 2.96. The Hall–Kier alpha value is -0.870. The average Bonchev–Trinajstić information content (AvgIpc) is 2.53. The van der Waals surface area contributed by atoms with Crippen molar-refractivity contribution in [3.8, 4) is 0 Å². The molecule has 3 nitrogen and oxygen atoms in total. The zero-order chi connectivity index (χ0) is 9.68. The van der Waals surface area contributed by atoms with Crippen molar-refractivity contribution in [3.05, 3.63) is 22.4 Å². The Morgan fingerprint density at radius 1 is 1.77 bits per heavy atom. The number of aliphatic hydroxyl groups excluding tert-OH is 1. The van der Waals surface area contributed by atoms with Crippen LogP contribution in [0.1, 0.15) is 12.5 Å². The first-order valence-corrected chi connectivity index (χ1v) is 5.08. The Morgan fingerprint density at radius 3 is 3.08 bits per heavy atom. The maximum absolute atomic E-state index is 11.2. The van der Waals surface area contributed by atoms with Crippen LogP contribution in [0, 0.1) is 0 Å². The van der Waals surface area contributed by atoms with Gasteiger partial charge in [-0.2, -0.15) is 11.3 Å². The van der Waals surface area contributed by atoms with Crippen LogP contribution in [0.15, 0.2) is 16.8 Å². The molecule has 0 bridgehead atoms. The molecular weight excluding hydrogens is 186 g/mol. The van der Waals surface area contributed by atoms with Crippen molar-refractivity contribution in [2.24, 2.45) is 0 Å². The van der Waals surface area contributed by atoms with Crippen molar-refractivity contribution in [1.29, 1.82) is 0 Å². The number of rotatable bonds is 4. The Kier molecular flexibility index (Phi) is 3.92. The molecule has 72 valence electrons. The summed E-state index contributed by atoms with van der Waals surface area (Å²) in [6.45, 7) is 1.97. The van der Waals surface area contributed by atoms with Crippen molar-refractivity contribution >= 4 is 17.2 Å². The van der Waals surface area contributed by atoms with E-state index in [1.54, 1.807) is 18.3 Å². The molecule has 1 heterocycles. The molecule has 1 amide bonds. The van der Waals surface area contributed by atoms with Gasteiger partial charge in [-0.3, -0.25) is 4.79 Å². The first-order valence-electron chi connectivity index (χ1n) is 4.14. The third kappa shape index (κ3) is 4.05. The third-order valence-corrected chi connectivity index (χ3v) is 2.27. The molecule has 1 aromatic heterocycles. The van der Waals surface area contributed by atoms with Crippen molar-refractivity contribution in [1.82, 2.24) is 5.32 Å². The van der Waals surface area contributed by atoms with E-state index < -0.39 is 6.10 Å². The van der Waals surface area contributed by atoms with Gasteiger partial charge in [-0.1, -0.05) is 0 Å². The summed E-state index contributed by atoms with van der Waals surface area (Å²) in [6, 6.07) is 1.92. The molecule has 4 heteroatoms. The highest BCUT2D eigenvalue weighted by atomic mass is 32.1. The summed E-state index contributed by atoms with van der Waals surface area (Å²) >= 11 is 1.58. The molecule has 0 aliphatic carbocycles. The van der Waals surface area contributed by atoms with E-state index in [9.17, 15) is 4.79 Å². The minimum absolute atomic E-state index is 0.0423. The Labute approximate surface area is 81.4 Å². The first-order chi connectivity index (χ1) is 6.18. The minimum atomic E-state index is -0.480. The van der Waals surface area contributed by atoms with Crippen molar-refractivity contribution < 1.29 is 9.90 Å². The van der Waals surface area contributed by atoms with E-state index >= 15 is 0 Å². The van der Waals surface area contributed by atoms with Gasteiger partial charge in [0.05, 0.1) is 12.5 Å². The highest BCUT2D eigenvalue weighted by Crippen LogP contribution is 2.05. The molecule has 1 aromatic rings. The number of carbonyl (C=O) groups is 1. The summed E-state index contributed by atoms with van der Waals surface area (Å²) in [6.07, 6.45) is -0.0811. The molecule has 0 aliphatic heterocycles. The summed E-state index contributed by atoms with van der Waals surface area (Å²) < 4.78 is 0. The number of nitrogens with one attached hydrogen (secondary N) is 1. The molecular formula is C9H13NO2S. The molecule has 0 saturated carbocycles. The Bertz CT molecular complexity index is 257. The summed E-state index contributed by atoms with van der Waals surface area (Å²) in [5.41, 5.74) is 1.02. The monoisotopic (exact) mass is 199 g/mol. The van der Waals surface area contributed by atoms with Crippen LogP contribution in [0.5, 0.6) is 0 Å². The van der Waals surface area contributed by atoms with Gasteiger partial charge in [-0.25, -0.2) is 0 Å². The Balaban J connectivity index is 2.26. The van der Waals surface area contributed by atoms with Crippen molar-refractivity contribution in [2.45, 2.75) is 19.4 Å². The quantitative estimate of drug-likeness (QED) is 0.753. The predicted molar refractivity (Wildman–Crippen MR) is 52.7 cm³/mol. The predicted octanol–water partition coefficient (Wildman–Crippen LogP) is 0.788. The standard InChI is InChI=1S/C9H13NO2S/c1-7(11)5-10-9(12)4-8-2-3-13-6-8/h2-3,6-7,11H,4-5H2,1H3,(H,10,12). The molecule has 0 radical (unpaired) electrons. The van der Waals surface area contributed by atoms with Gasteiger partial charge >= 0.3 is 0 Å². The Morgan fingerprint density at radius 2 is 2.54 bits per heavy atom. The number of carbonyl (C=O) groups excluding carboxylic acids is 1. The highest BCUT2D eigenvalue weighted by Gasteiger charge is 2.03. The van der Waals surface area contributed by atoms with Crippen molar-refractivity contribution in [3.63, 3.8) is 0 Å². The highest BCUT2D eigenvalue weighted by molar-refractivity contribution is 7.07. The lowest BCUT2D eigenvalue weighted by Gasteiger charge is -2.05. The maximum Gasteiger partial charge on any atom is 0.224 e. The van der Waals surface area contributed by atoms with E-state index in [4.69, 9.17) is 5.11 Å². The normalized spacial score (nSPS) is 12.5. The lowest BCUT2D eigenvalue weighted by Crippen LogP contribution is -2.31. The smallest absolute Gasteiger partial charge is 0.224 e. The fourth-order valence-corrected chi connectivity index (χ4v) is 1.57. The van der Waals surface area contributed by atoms with Crippen LogP contribution in [0.25, 0.3) is 0 Å². The van der Waals surface area contributed by atoms with Gasteiger partial charge in [0.1, 0.15) is 0 Å². The van der Waals surface area contributed by atoms with E-state index in [1.165, 1.54) is 0 Å². The molecule has 0 fully saturated rings. The molecule has 0 saturated heterocycles. The summed E-state index contributed by atoms with van der Waals surface area (Å²) in [4.78, 5) is 11.2. The zero-order valence-corrected chi connectivity index (χ0v) is 8.30. The fourth-order valence-electron chi connectivity index (χ4n) is 0.903. The number of amides is 1. The number of hydrogen-bond acceptors (Lipinski definition) is 3. The second-order valence-corrected chi connectivity index (χ2v) is 3.74. The molecule has 2 N–H and O–H groups in total. The van der Waals surface area contributed by atoms with Crippen LogP contribution < -0.4 is 5.32 Å². The van der Waals surface area contributed by atoms with E-state index in [0.717, 1.165) is 5.56 Å². The van der Waals surface area contributed by atoms with Gasteiger partial charge in [0, 0.05) is 6.54 Å². The van der Waals surface area contributed by atoms with Gasteiger partial charge in [0.2, 0.25) is 5.91 Å². The molecule has 0 aromatic carbocycles. The molecule has 13 heavy (non-hydrogen) atoms. The zero-order valence-electron chi connectivity index (χ0n) is 7.49. The topological polar surface area (TPSA) is 49.3 Å². The lowest BCUT2D eigenvalue weighted by molar-refractivity contribution is -0.120. The number of hydrogen-bond donors (Lipinski definition) is 2. The average molecular weight is 199 g/mol. The molecule has 1 unspecified atom stereocenters. The van der Waals surface area contributed by atoms with Crippen LogP contribution in [0.4, 0.5) is 0 Å². The molecule has 0 spiro atoms. The second kappa shape index (κ2) is 4.99. The molecule has 0 aliphatic rings. The third-order valence-electron chi connectivity index (χ3n) is 1.54. The molecule has 1 atom stereocenters. The first kappa shape index (κ1) is 10.2. The summed E-state index contributed by atoms with van der Waals surface area (Å²) in [5, 5.41) is 15.4. The fraction of sp³-hybridized carbons (Fsp3) is 0.444. The van der Waals surface area contributed by atoms with Crippen LogP contribution in [0.2, 0.25) is 0 Å². The van der Waals surface area contributed by atoms with E-state index in [0.29, 0.717) is 13.0 Å². The number of aliphatic hydroxyl groups is 1. The van der Waals surface area contributed by atoms with E-state index in [1.807, 2.05) is 16.8 Å². The van der Waals surface area contributed by atoms with Gasteiger partial charge in [0.25, 0.3) is 0 Å². The van der Waals surface area contributed by atoms with E-state index in [2.05, 4.69) is 5.32 Å². The molecule has 1 rings (SSSR count). The summed E-state index contributed by atoms with van der Waals surface area (Å²) in [7, 11) is 0. The number of thiophene rings is 1. The van der Waals surface area contributed by atoms with Gasteiger partial charge in [-0.15, -0.1) is 0 Å². The van der Waals surface area contributed by atoms with E-state index in [-0.39, 0.29) is 5.91 Å². The minimum Gasteiger partial charge on any atom is -0.392 e. The van der Waals surface area contributed by atoms with Crippen LogP contribution in [-0.2, 0) is 11.2 Å². The van der Waals surface area contributed by atoms with Crippen molar-refractivity contribution in [2.75, 3.05) is 6.54 Å². The maximum atomic E-state index is 11.2. The summed E-state index contributed by atoms with van der Waals surface area (Å²) in [5.74, 6) is -0.0423. The largest absolute Gasteiger partial charge is 0.392 e.